The summed E-state index contributed by atoms with van der Waals surface area (Å²) < 4.78 is 14.8. The van der Waals surface area contributed by atoms with Crippen molar-refractivity contribution in [3.63, 3.8) is 0 Å². The summed E-state index contributed by atoms with van der Waals surface area (Å²) in [7, 11) is 1.83. The van der Waals surface area contributed by atoms with Gasteiger partial charge in [0, 0.05) is 21.6 Å². The lowest BCUT2D eigenvalue weighted by molar-refractivity contribution is 0.630. The maximum absolute atomic E-state index is 14.3. The number of halogens is 4. The van der Waals surface area contributed by atoms with Gasteiger partial charge >= 0.3 is 0 Å². The largest absolute Gasteiger partial charge is 0.316 e. The maximum Gasteiger partial charge on any atom is 0.150 e. The third-order valence-corrected chi connectivity index (χ3v) is 4.25. The van der Waals surface area contributed by atoms with Gasteiger partial charge in [-0.05, 0) is 52.3 Å². The maximum atomic E-state index is 14.3. The highest BCUT2D eigenvalue weighted by atomic mass is 79.9. The molecule has 1 N–H and O–H groups in total. The zero-order valence-electron chi connectivity index (χ0n) is 10.1. The van der Waals surface area contributed by atoms with Crippen LogP contribution in [0.1, 0.15) is 5.56 Å². The van der Waals surface area contributed by atoms with Crippen molar-refractivity contribution < 1.29 is 4.39 Å². The van der Waals surface area contributed by atoms with Gasteiger partial charge in [0.1, 0.15) is 0 Å². The Balaban J connectivity index is 2.62. The van der Waals surface area contributed by atoms with E-state index in [2.05, 4.69) is 21.2 Å². The molecule has 2 aromatic rings. The predicted molar refractivity (Wildman–Crippen MR) is 82.3 cm³/mol. The fraction of sp³-hybridized carbons (Fsp3) is 0.143. The first-order valence-corrected chi connectivity index (χ1v) is 7.16. The summed E-state index contributed by atoms with van der Waals surface area (Å²) in [5.74, 6) is -0.435. The van der Waals surface area contributed by atoms with Gasteiger partial charge in [0.05, 0.1) is 5.02 Å². The third kappa shape index (κ3) is 3.11. The fourth-order valence-corrected chi connectivity index (χ4v) is 2.56. The van der Waals surface area contributed by atoms with E-state index in [1.807, 2.05) is 13.1 Å². The van der Waals surface area contributed by atoms with Gasteiger partial charge in [-0.15, -0.1) is 0 Å². The van der Waals surface area contributed by atoms with Crippen molar-refractivity contribution in [2.75, 3.05) is 7.05 Å². The molecule has 0 radical (unpaired) electrons. The molecule has 0 atom stereocenters. The molecule has 0 amide bonds. The molecule has 2 aromatic carbocycles. The highest BCUT2D eigenvalue weighted by molar-refractivity contribution is 9.10. The van der Waals surface area contributed by atoms with Crippen LogP contribution in [-0.2, 0) is 6.54 Å². The standard InChI is InChI=1S/C14H11BrCl2FN/c1-19-7-8-6-9(16)2-3-10(8)11-4-5-12(15)13(17)14(11)18/h2-6,19H,7H2,1H3. The molecule has 0 saturated carbocycles. The normalized spacial score (nSPS) is 10.8. The monoisotopic (exact) mass is 361 g/mol. The zero-order chi connectivity index (χ0) is 14.0. The van der Waals surface area contributed by atoms with Crippen molar-refractivity contribution in [1.29, 1.82) is 0 Å². The fourth-order valence-electron chi connectivity index (χ4n) is 1.90. The minimum Gasteiger partial charge on any atom is -0.316 e. The minimum atomic E-state index is -0.435. The smallest absolute Gasteiger partial charge is 0.150 e. The van der Waals surface area contributed by atoms with Crippen molar-refractivity contribution in [2.45, 2.75) is 6.54 Å². The van der Waals surface area contributed by atoms with E-state index in [1.165, 1.54) is 0 Å². The zero-order valence-corrected chi connectivity index (χ0v) is 13.2. The van der Waals surface area contributed by atoms with E-state index in [-0.39, 0.29) is 5.02 Å². The number of rotatable bonds is 3. The molecule has 5 heteroatoms. The number of hydrogen-bond donors (Lipinski definition) is 1. The number of hydrogen-bond acceptors (Lipinski definition) is 1. The van der Waals surface area contributed by atoms with Gasteiger partial charge in [-0.25, -0.2) is 4.39 Å². The first-order chi connectivity index (χ1) is 9.04. The Labute approximate surface area is 129 Å². The van der Waals surface area contributed by atoms with Gasteiger partial charge in [-0.3, -0.25) is 0 Å². The molecule has 19 heavy (non-hydrogen) atoms. The molecule has 0 bridgehead atoms. The number of benzene rings is 2. The Morgan fingerprint density at radius 3 is 2.53 bits per heavy atom. The molecular weight excluding hydrogens is 352 g/mol. The van der Waals surface area contributed by atoms with Gasteiger partial charge < -0.3 is 5.32 Å². The second-order valence-corrected chi connectivity index (χ2v) is 5.72. The van der Waals surface area contributed by atoms with Crippen LogP contribution in [0.2, 0.25) is 10.0 Å². The minimum absolute atomic E-state index is 0.0860. The molecule has 0 saturated heterocycles. The van der Waals surface area contributed by atoms with Crippen LogP contribution in [0.5, 0.6) is 0 Å². The van der Waals surface area contributed by atoms with Crippen LogP contribution in [0.4, 0.5) is 4.39 Å². The topological polar surface area (TPSA) is 12.0 Å². The second kappa shape index (κ2) is 6.23. The molecular formula is C14H11BrCl2FN. The molecule has 0 aliphatic rings. The molecule has 0 aromatic heterocycles. The predicted octanol–water partition coefficient (Wildman–Crippen LogP) is 5.28. The van der Waals surface area contributed by atoms with Crippen LogP contribution in [0, 0.1) is 5.82 Å². The lowest BCUT2D eigenvalue weighted by atomic mass is 9.99. The van der Waals surface area contributed by atoms with Gasteiger partial charge in [0.2, 0.25) is 0 Å². The average molecular weight is 363 g/mol. The van der Waals surface area contributed by atoms with E-state index < -0.39 is 5.82 Å². The summed E-state index contributed by atoms with van der Waals surface area (Å²) in [6, 6.07) is 8.80. The lowest BCUT2D eigenvalue weighted by Gasteiger charge is -2.12. The SMILES string of the molecule is CNCc1cc(Cl)ccc1-c1ccc(Br)c(Cl)c1F. The van der Waals surface area contributed by atoms with Gasteiger partial charge in [-0.2, -0.15) is 0 Å². The molecule has 1 nitrogen and oxygen atoms in total. The van der Waals surface area contributed by atoms with Gasteiger partial charge in [-0.1, -0.05) is 35.3 Å². The Bertz CT molecular complexity index is 617. The molecule has 0 heterocycles. The second-order valence-electron chi connectivity index (χ2n) is 4.05. The molecule has 0 spiro atoms. The van der Waals surface area contributed by atoms with Crippen molar-refractivity contribution in [1.82, 2.24) is 5.32 Å². The Kier molecular flexibility index (Phi) is 4.85. The quantitative estimate of drug-likeness (QED) is 0.732. The van der Waals surface area contributed by atoms with Crippen molar-refractivity contribution in [2.24, 2.45) is 0 Å². The Morgan fingerprint density at radius 1 is 1.16 bits per heavy atom. The van der Waals surface area contributed by atoms with E-state index in [1.54, 1.807) is 24.3 Å². The van der Waals surface area contributed by atoms with Crippen LogP contribution in [0.15, 0.2) is 34.8 Å². The molecule has 100 valence electrons. The summed E-state index contributed by atoms with van der Waals surface area (Å²) in [6.07, 6.45) is 0. The first-order valence-electron chi connectivity index (χ1n) is 5.61. The first kappa shape index (κ1) is 14.8. The van der Waals surface area contributed by atoms with E-state index in [0.29, 0.717) is 21.6 Å². The third-order valence-electron chi connectivity index (χ3n) is 2.76. The molecule has 0 fully saturated rings. The van der Waals surface area contributed by atoms with Crippen LogP contribution >= 0.6 is 39.1 Å². The van der Waals surface area contributed by atoms with E-state index in [0.717, 1.165) is 11.1 Å². The Morgan fingerprint density at radius 2 is 1.84 bits per heavy atom. The van der Waals surface area contributed by atoms with Crippen LogP contribution < -0.4 is 5.32 Å². The average Bonchev–Trinajstić information content (AvgIpc) is 2.38. The molecule has 0 aliphatic heterocycles. The molecule has 2 rings (SSSR count). The van der Waals surface area contributed by atoms with Crippen molar-refractivity contribution >= 4 is 39.1 Å². The van der Waals surface area contributed by atoms with E-state index in [9.17, 15) is 4.39 Å². The molecule has 0 aliphatic carbocycles. The van der Waals surface area contributed by atoms with Gasteiger partial charge in [0.25, 0.3) is 0 Å². The molecule has 0 unspecified atom stereocenters. The van der Waals surface area contributed by atoms with E-state index in [4.69, 9.17) is 23.2 Å². The van der Waals surface area contributed by atoms with Crippen LogP contribution in [0.3, 0.4) is 0 Å². The number of nitrogens with one attached hydrogen (secondary N) is 1. The summed E-state index contributed by atoms with van der Waals surface area (Å²) in [5.41, 5.74) is 2.17. The summed E-state index contributed by atoms with van der Waals surface area (Å²) >= 11 is 15.1. The van der Waals surface area contributed by atoms with Crippen LogP contribution in [0.25, 0.3) is 11.1 Å². The highest BCUT2D eigenvalue weighted by Crippen LogP contribution is 2.35. The summed E-state index contributed by atoms with van der Waals surface area (Å²) in [6.45, 7) is 0.600. The summed E-state index contributed by atoms with van der Waals surface area (Å²) in [5, 5.41) is 3.75. The van der Waals surface area contributed by atoms with E-state index >= 15 is 0 Å². The van der Waals surface area contributed by atoms with Crippen LogP contribution in [-0.4, -0.2) is 7.05 Å². The lowest BCUT2D eigenvalue weighted by Crippen LogP contribution is -2.06. The Hall–Kier alpha value is -0.610. The highest BCUT2D eigenvalue weighted by Gasteiger charge is 2.14. The van der Waals surface area contributed by atoms with Crippen molar-refractivity contribution in [3.05, 3.63) is 56.2 Å². The van der Waals surface area contributed by atoms with Gasteiger partial charge in [0.15, 0.2) is 5.82 Å². The van der Waals surface area contributed by atoms with Crippen molar-refractivity contribution in [3.8, 4) is 11.1 Å². The summed E-state index contributed by atoms with van der Waals surface area (Å²) in [4.78, 5) is 0.